The molecule has 122 valence electrons. The SMILES string of the molecule is CC(=O)Nc1ccc(OCCOCCOCCC(=O)O)cc1. The lowest BCUT2D eigenvalue weighted by Crippen LogP contribution is -2.12. The second-order valence-electron chi connectivity index (χ2n) is 4.42. The monoisotopic (exact) mass is 311 g/mol. The molecule has 7 nitrogen and oxygen atoms in total. The van der Waals surface area contributed by atoms with Crippen LogP contribution in [-0.2, 0) is 19.1 Å². The Kier molecular flexibility index (Phi) is 8.63. The van der Waals surface area contributed by atoms with Crippen molar-refractivity contribution in [2.75, 3.05) is 38.4 Å². The first-order chi connectivity index (χ1) is 10.6. The lowest BCUT2D eigenvalue weighted by molar-refractivity contribution is -0.138. The second kappa shape index (κ2) is 10.6. The fraction of sp³-hybridized carbons (Fsp3) is 0.467. The van der Waals surface area contributed by atoms with Gasteiger partial charge in [0.05, 0.1) is 32.8 Å². The van der Waals surface area contributed by atoms with E-state index in [1.165, 1.54) is 6.92 Å². The molecule has 7 heteroatoms. The summed E-state index contributed by atoms with van der Waals surface area (Å²) in [6.07, 6.45) is -0.00239. The standard InChI is InChI=1S/C15H21NO6/c1-12(17)16-13-2-4-14(5-3-13)22-11-10-21-9-8-20-7-6-15(18)19/h2-5H,6-11H2,1H3,(H,16,17)(H,18,19). The summed E-state index contributed by atoms with van der Waals surface area (Å²) in [4.78, 5) is 21.1. The third kappa shape index (κ3) is 8.93. The van der Waals surface area contributed by atoms with Gasteiger partial charge in [-0.25, -0.2) is 0 Å². The normalized spacial score (nSPS) is 10.2. The molecule has 1 aromatic carbocycles. The van der Waals surface area contributed by atoms with Gasteiger partial charge >= 0.3 is 5.97 Å². The highest BCUT2D eigenvalue weighted by Gasteiger charge is 1.98. The molecule has 0 fully saturated rings. The number of aliphatic carboxylic acids is 1. The van der Waals surface area contributed by atoms with Crippen molar-refractivity contribution < 1.29 is 28.9 Å². The molecule has 0 heterocycles. The highest BCUT2D eigenvalue weighted by atomic mass is 16.5. The van der Waals surface area contributed by atoms with Crippen molar-refractivity contribution in [3.05, 3.63) is 24.3 Å². The molecule has 0 atom stereocenters. The summed E-state index contributed by atoms with van der Waals surface area (Å²) >= 11 is 0. The maximum Gasteiger partial charge on any atom is 0.305 e. The minimum absolute atomic E-state index is 0.00239. The zero-order valence-corrected chi connectivity index (χ0v) is 12.5. The van der Waals surface area contributed by atoms with Crippen LogP contribution in [0.3, 0.4) is 0 Å². The summed E-state index contributed by atoms with van der Waals surface area (Å²) in [5.74, 6) is -0.304. The summed E-state index contributed by atoms with van der Waals surface area (Å²) in [7, 11) is 0. The van der Waals surface area contributed by atoms with E-state index in [1.54, 1.807) is 24.3 Å². The number of carbonyl (C=O) groups excluding carboxylic acids is 1. The minimum Gasteiger partial charge on any atom is -0.491 e. The van der Waals surface area contributed by atoms with E-state index >= 15 is 0 Å². The van der Waals surface area contributed by atoms with Crippen LogP contribution in [0.25, 0.3) is 0 Å². The van der Waals surface area contributed by atoms with Crippen molar-refractivity contribution in [3.8, 4) is 5.75 Å². The lowest BCUT2D eigenvalue weighted by Gasteiger charge is -2.08. The van der Waals surface area contributed by atoms with Gasteiger partial charge in [0.2, 0.25) is 5.91 Å². The molecular weight excluding hydrogens is 290 g/mol. The molecule has 0 radical (unpaired) electrons. The Morgan fingerprint density at radius 3 is 2.18 bits per heavy atom. The molecule has 1 amide bonds. The van der Waals surface area contributed by atoms with Gasteiger partial charge in [-0.15, -0.1) is 0 Å². The van der Waals surface area contributed by atoms with Gasteiger partial charge in [-0.2, -0.15) is 0 Å². The Hall–Kier alpha value is -2.12. The van der Waals surface area contributed by atoms with E-state index in [-0.39, 0.29) is 18.9 Å². The first kappa shape index (κ1) is 17.9. The van der Waals surface area contributed by atoms with Gasteiger partial charge in [0, 0.05) is 12.6 Å². The number of rotatable bonds is 11. The van der Waals surface area contributed by atoms with Crippen LogP contribution in [0, 0.1) is 0 Å². The van der Waals surface area contributed by atoms with Crippen molar-refractivity contribution in [3.63, 3.8) is 0 Å². The fourth-order valence-corrected chi connectivity index (χ4v) is 1.54. The summed E-state index contributed by atoms with van der Waals surface area (Å²) in [5.41, 5.74) is 0.717. The molecule has 1 rings (SSSR count). The Labute approximate surface area is 129 Å². The largest absolute Gasteiger partial charge is 0.491 e. The number of carbonyl (C=O) groups is 2. The molecule has 1 aromatic rings. The smallest absolute Gasteiger partial charge is 0.305 e. The second-order valence-corrected chi connectivity index (χ2v) is 4.42. The summed E-state index contributed by atoms with van der Waals surface area (Å²) < 4.78 is 15.8. The lowest BCUT2D eigenvalue weighted by atomic mass is 10.3. The van der Waals surface area contributed by atoms with Crippen LogP contribution in [0.4, 0.5) is 5.69 Å². The van der Waals surface area contributed by atoms with Gasteiger partial charge < -0.3 is 24.6 Å². The van der Waals surface area contributed by atoms with Gasteiger partial charge in [-0.05, 0) is 24.3 Å². The summed E-state index contributed by atoms with van der Waals surface area (Å²) in [6.45, 7) is 3.20. The average molecular weight is 311 g/mol. The molecule has 0 saturated carbocycles. The van der Waals surface area contributed by atoms with E-state index in [0.717, 1.165) is 5.69 Å². The first-order valence-electron chi connectivity index (χ1n) is 6.95. The number of hydrogen-bond donors (Lipinski definition) is 2. The molecule has 0 aliphatic rings. The third-order valence-corrected chi connectivity index (χ3v) is 2.50. The molecule has 22 heavy (non-hydrogen) atoms. The average Bonchev–Trinajstić information content (AvgIpc) is 2.46. The molecule has 0 aliphatic heterocycles. The topological polar surface area (TPSA) is 94.1 Å². The number of anilines is 1. The van der Waals surface area contributed by atoms with Crippen molar-refractivity contribution in [2.45, 2.75) is 13.3 Å². The summed E-state index contributed by atoms with van der Waals surface area (Å²) in [5, 5.41) is 11.1. The molecule has 0 bridgehead atoms. The van der Waals surface area contributed by atoms with Crippen LogP contribution < -0.4 is 10.1 Å². The molecule has 0 unspecified atom stereocenters. The molecule has 0 saturated heterocycles. The van der Waals surface area contributed by atoms with E-state index in [2.05, 4.69) is 5.32 Å². The Balaban J connectivity index is 2.02. The Morgan fingerprint density at radius 1 is 1.00 bits per heavy atom. The van der Waals surface area contributed by atoms with Gasteiger partial charge in [0.1, 0.15) is 12.4 Å². The Bertz CT molecular complexity index is 460. The number of nitrogens with one attached hydrogen (secondary N) is 1. The first-order valence-corrected chi connectivity index (χ1v) is 6.95. The van der Waals surface area contributed by atoms with Crippen LogP contribution in [0.1, 0.15) is 13.3 Å². The number of carboxylic acids is 1. The fourth-order valence-electron chi connectivity index (χ4n) is 1.54. The molecule has 2 N–H and O–H groups in total. The highest BCUT2D eigenvalue weighted by Crippen LogP contribution is 2.15. The van der Waals surface area contributed by atoms with Crippen molar-refractivity contribution in [2.24, 2.45) is 0 Å². The van der Waals surface area contributed by atoms with Gasteiger partial charge in [0.15, 0.2) is 0 Å². The number of ether oxygens (including phenoxy) is 3. The predicted molar refractivity (Wildman–Crippen MR) is 80.1 cm³/mol. The predicted octanol–water partition coefficient (Wildman–Crippen LogP) is 1.53. The van der Waals surface area contributed by atoms with Crippen LogP contribution >= 0.6 is 0 Å². The minimum atomic E-state index is -0.876. The summed E-state index contributed by atoms with van der Waals surface area (Å²) in [6, 6.07) is 7.04. The van der Waals surface area contributed by atoms with Gasteiger partial charge in [-0.3, -0.25) is 9.59 Å². The van der Waals surface area contributed by atoms with E-state index in [1.807, 2.05) is 0 Å². The van der Waals surface area contributed by atoms with Crippen molar-refractivity contribution in [1.82, 2.24) is 0 Å². The van der Waals surface area contributed by atoms with Crippen molar-refractivity contribution >= 4 is 17.6 Å². The molecule has 0 spiro atoms. The zero-order chi connectivity index (χ0) is 16.2. The maximum atomic E-state index is 10.9. The van der Waals surface area contributed by atoms with Crippen molar-refractivity contribution in [1.29, 1.82) is 0 Å². The van der Waals surface area contributed by atoms with Crippen LogP contribution in [0.5, 0.6) is 5.75 Å². The Morgan fingerprint density at radius 2 is 1.59 bits per heavy atom. The molecular formula is C15H21NO6. The van der Waals surface area contributed by atoms with Crippen LogP contribution in [-0.4, -0.2) is 50.0 Å². The van der Waals surface area contributed by atoms with Crippen LogP contribution in [0.2, 0.25) is 0 Å². The van der Waals surface area contributed by atoms with E-state index in [0.29, 0.717) is 32.2 Å². The highest BCUT2D eigenvalue weighted by molar-refractivity contribution is 5.88. The van der Waals surface area contributed by atoms with E-state index < -0.39 is 5.97 Å². The number of benzene rings is 1. The van der Waals surface area contributed by atoms with Crippen LogP contribution in [0.15, 0.2) is 24.3 Å². The van der Waals surface area contributed by atoms with Gasteiger partial charge in [0.25, 0.3) is 0 Å². The van der Waals surface area contributed by atoms with Gasteiger partial charge in [-0.1, -0.05) is 0 Å². The number of hydrogen-bond acceptors (Lipinski definition) is 5. The van der Waals surface area contributed by atoms with E-state index in [4.69, 9.17) is 19.3 Å². The molecule has 0 aliphatic carbocycles. The number of carboxylic acid groups (broad SMARTS) is 1. The maximum absolute atomic E-state index is 10.9. The molecule has 0 aromatic heterocycles. The number of amides is 1. The quantitative estimate of drug-likeness (QED) is 0.602. The zero-order valence-electron chi connectivity index (χ0n) is 12.5. The third-order valence-electron chi connectivity index (χ3n) is 2.50. The van der Waals surface area contributed by atoms with E-state index in [9.17, 15) is 9.59 Å².